The Morgan fingerprint density at radius 1 is 1.00 bits per heavy atom. The van der Waals surface area contributed by atoms with E-state index < -0.39 is 11.9 Å². The molecule has 0 aromatic carbocycles. The minimum Gasteiger partial charge on any atom is -0.393 e. The highest BCUT2D eigenvalue weighted by atomic mass is 32.2. The van der Waals surface area contributed by atoms with Gasteiger partial charge in [0.05, 0.1) is 12.8 Å². The van der Waals surface area contributed by atoms with Gasteiger partial charge in [0.15, 0.2) is 0 Å². The zero-order chi connectivity index (χ0) is 10.1. The number of rotatable bonds is 6. The Labute approximate surface area is 87.0 Å². The normalized spacial score (nSPS) is 9.69. The molecule has 0 N–H and O–H groups in total. The van der Waals surface area contributed by atoms with Crippen LogP contribution in [0.15, 0.2) is 0 Å². The van der Waals surface area contributed by atoms with Gasteiger partial charge in [-0.15, -0.1) is 0 Å². The largest absolute Gasteiger partial charge is 0.393 e. The van der Waals surface area contributed by atoms with Gasteiger partial charge in [-0.2, -0.15) is 23.5 Å². The van der Waals surface area contributed by atoms with Gasteiger partial charge in [0, 0.05) is 11.5 Å². The topological polar surface area (TPSA) is 43.4 Å². The molecule has 0 atom stereocenters. The Hall–Kier alpha value is -0.160. The minimum absolute atomic E-state index is 0.312. The van der Waals surface area contributed by atoms with Gasteiger partial charge < -0.3 is 4.74 Å². The Morgan fingerprint density at radius 3 is 1.69 bits per heavy atom. The molecule has 0 aliphatic heterocycles. The van der Waals surface area contributed by atoms with Gasteiger partial charge in [0.25, 0.3) is 0 Å². The van der Waals surface area contributed by atoms with Crippen LogP contribution >= 0.6 is 23.5 Å². The second-order valence-corrected chi connectivity index (χ2v) is 4.30. The highest BCUT2D eigenvalue weighted by Gasteiger charge is 2.08. The molecule has 0 saturated heterocycles. The van der Waals surface area contributed by atoms with E-state index in [0.29, 0.717) is 24.3 Å². The van der Waals surface area contributed by atoms with Crippen LogP contribution in [-0.2, 0) is 14.3 Å². The molecule has 76 valence electrons. The van der Waals surface area contributed by atoms with Crippen LogP contribution in [0.3, 0.4) is 0 Å². The molecule has 5 heteroatoms. The van der Waals surface area contributed by atoms with Crippen molar-refractivity contribution in [1.29, 1.82) is 0 Å². The van der Waals surface area contributed by atoms with E-state index >= 15 is 0 Å². The van der Waals surface area contributed by atoms with Crippen LogP contribution < -0.4 is 0 Å². The lowest BCUT2D eigenvalue weighted by atomic mass is 10.5. The summed E-state index contributed by atoms with van der Waals surface area (Å²) < 4.78 is 4.55. The summed E-state index contributed by atoms with van der Waals surface area (Å²) in [4.78, 5) is 21.8. The molecule has 0 spiro atoms. The van der Waals surface area contributed by atoms with Crippen molar-refractivity contribution in [1.82, 2.24) is 0 Å². The second kappa shape index (κ2) is 8.44. The van der Waals surface area contributed by atoms with Crippen molar-refractivity contribution in [3.05, 3.63) is 0 Å². The summed E-state index contributed by atoms with van der Waals surface area (Å²) in [5.74, 6) is 0.574. The maximum atomic E-state index is 10.9. The third-order valence-corrected chi connectivity index (χ3v) is 2.47. The van der Waals surface area contributed by atoms with Crippen LogP contribution in [0.5, 0.6) is 0 Å². The SMILES string of the molecule is CSCCC(=O)OC(=O)CCSC. The first-order chi connectivity index (χ1) is 6.20. The van der Waals surface area contributed by atoms with Crippen molar-refractivity contribution in [2.75, 3.05) is 24.0 Å². The van der Waals surface area contributed by atoms with Crippen LogP contribution in [0.2, 0.25) is 0 Å². The van der Waals surface area contributed by atoms with Crippen LogP contribution in [-0.4, -0.2) is 36.0 Å². The maximum absolute atomic E-state index is 10.9. The first kappa shape index (κ1) is 12.8. The summed E-state index contributed by atoms with van der Waals surface area (Å²) >= 11 is 3.12. The Morgan fingerprint density at radius 2 is 1.38 bits per heavy atom. The van der Waals surface area contributed by atoms with Crippen molar-refractivity contribution < 1.29 is 14.3 Å². The van der Waals surface area contributed by atoms with Crippen molar-refractivity contribution >= 4 is 35.5 Å². The average molecular weight is 222 g/mol. The van der Waals surface area contributed by atoms with Crippen LogP contribution in [0.4, 0.5) is 0 Å². The fourth-order valence-electron chi connectivity index (χ4n) is 0.600. The van der Waals surface area contributed by atoms with Crippen molar-refractivity contribution in [3.8, 4) is 0 Å². The third-order valence-electron chi connectivity index (χ3n) is 1.25. The van der Waals surface area contributed by atoms with Crippen molar-refractivity contribution in [2.24, 2.45) is 0 Å². The number of ether oxygens (including phenoxy) is 1. The number of esters is 2. The molecule has 0 fully saturated rings. The van der Waals surface area contributed by atoms with Gasteiger partial charge in [-0.05, 0) is 12.5 Å². The van der Waals surface area contributed by atoms with E-state index in [1.807, 2.05) is 12.5 Å². The average Bonchev–Trinajstić information content (AvgIpc) is 2.11. The molecule has 0 unspecified atom stereocenters. The number of hydrogen-bond donors (Lipinski definition) is 0. The predicted molar refractivity (Wildman–Crippen MR) is 57.1 cm³/mol. The third kappa shape index (κ3) is 8.18. The zero-order valence-electron chi connectivity index (χ0n) is 7.87. The molecule has 3 nitrogen and oxygen atoms in total. The Balaban J connectivity index is 3.47. The molecule has 0 amide bonds. The number of hydrogen-bond acceptors (Lipinski definition) is 5. The lowest BCUT2D eigenvalue weighted by Gasteiger charge is -2.00. The van der Waals surface area contributed by atoms with Gasteiger partial charge in [-0.1, -0.05) is 0 Å². The second-order valence-electron chi connectivity index (χ2n) is 2.33. The van der Waals surface area contributed by atoms with Gasteiger partial charge in [0.1, 0.15) is 0 Å². The first-order valence-electron chi connectivity index (χ1n) is 3.92. The van der Waals surface area contributed by atoms with E-state index in [2.05, 4.69) is 4.74 Å². The molecule has 0 rings (SSSR count). The van der Waals surface area contributed by atoms with E-state index in [1.165, 1.54) is 0 Å². The zero-order valence-corrected chi connectivity index (χ0v) is 9.50. The maximum Gasteiger partial charge on any atom is 0.314 e. The lowest BCUT2D eigenvalue weighted by Crippen LogP contribution is -2.13. The summed E-state index contributed by atoms with van der Waals surface area (Å²) in [6, 6.07) is 0. The molecule has 0 saturated carbocycles. The summed E-state index contributed by atoms with van der Waals surface area (Å²) in [5.41, 5.74) is 0. The predicted octanol–water partition coefficient (Wildman–Crippen LogP) is 1.56. The van der Waals surface area contributed by atoms with E-state index in [4.69, 9.17) is 0 Å². The van der Waals surface area contributed by atoms with Crippen molar-refractivity contribution in [3.63, 3.8) is 0 Å². The summed E-state index contributed by atoms with van der Waals surface area (Å²) in [5, 5.41) is 0. The quantitative estimate of drug-likeness (QED) is 0.504. The molecular formula is C8H14O3S2. The molecule has 0 aromatic heterocycles. The summed E-state index contributed by atoms with van der Waals surface area (Å²) in [7, 11) is 0. The Bertz CT molecular complexity index is 153. The minimum atomic E-state index is -0.416. The number of thioether (sulfide) groups is 2. The molecular weight excluding hydrogens is 208 g/mol. The molecule has 0 radical (unpaired) electrons. The summed E-state index contributed by atoms with van der Waals surface area (Å²) in [6.07, 6.45) is 4.43. The van der Waals surface area contributed by atoms with Gasteiger partial charge >= 0.3 is 11.9 Å². The molecule has 0 heterocycles. The van der Waals surface area contributed by atoms with Crippen LogP contribution in [0.1, 0.15) is 12.8 Å². The molecule has 0 bridgehead atoms. The fraction of sp³-hybridized carbons (Fsp3) is 0.750. The summed E-state index contributed by atoms with van der Waals surface area (Å²) in [6.45, 7) is 0. The lowest BCUT2D eigenvalue weighted by molar-refractivity contribution is -0.159. The van der Waals surface area contributed by atoms with Crippen LogP contribution in [0.25, 0.3) is 0 Å². The molecule has 0 aliphatic rings. The van der Waals surface area contributed by atoms with E-state index in [-0.39, 0.29) is 0 Å². The Kier molecular flexibility index (Phi) is 8.33. The van der Waals surface area contributed by atoms with E-state index in [9.17, 15) is 9.59 Å². The van der Waals surface area contributed by atoms with E-state index in [1.54, 1.807) is 23.5 Å². The van der Waals surface area contributed by atoms with Gasteiger partial charge in [-0.25, -0.2) is 0 Å². The standard InChI is InChI=1S/C8H14O3S2/c1-12-5-3-7(9)11-8(10)4-6-13-2/h3-6H2,1-2H3. The first-order valence-corrected chi connectivity index (χ1v) is 6.71. The number of carbonyl (C=O) groups is 2. The molecule has 0 aromatic rings. The van der Waals surface area contributed by atoms with E-state index in [0.717, 1.165) is 0 Å². The number of carbonyl (C=O) groups excluding carboxylic acids is 2. The highest BCUT2D eigenvalue weighted by Crippen LogP contribution is 2.01. The van der Waals surface area contributed by atoms with Gasteiger partial charge in [0.2, 0.25) is 0 Å². The molecule has 13 heavy (non-hydrogen) atoms. The fourth-order valence-corrected chi connectivity index (χ4v) is 1.34. The van der Waals surface area contributed by atoms with Gasteiger partial charge in [-0.3, -0.25) is 9.59 Å². The highest BCUT2D eigenvalue weighted by molar-refractivity contribution is 7.98. The molecule has 0 aliphatic carbocycles. The smallest absolute Gasteiger partial charge is 0.314 e. The van der Waals surface area contributed by atoms with Crippen LogP contribution in [0, 0.1) is 0 Å². The van der Waals surface area contributed by atoms with Crippen molar-refractivity contribution in [2.45, 2.75) is 12.8 Å². The monoisotopic (exact) mass is 222 g/mol.